The van der Waals surface area contributed by atoms with E-state index in [0.717, 1.165) is 0 Å². The molecule has 0 aliphatic heterocycles. The summed E-state index contributed by atoms with van der Waals surface area (Å²) in [4.78, 5) is 24.4. The Bertz CT molecular complexity index is 705. The number of rotatable bonds is 5. The van der Waals surface area contributed by atoms with Crippen molar-refractivity contribution >= 4 is 29.3 Å². The second-order valence-corrected chi connectivity index (χ2v) is 5.55. The first kappa shape index (κ1) is 17.0. The van der Waals surface area contributed by atoms with Crippen molar-refractivity contribution in [2.24, 2.45) is 0 Å². The molecule has 120 valence electrons. The van der Waals surface area contributed by atoms with Crippen molar-refractivity contribution in [1.29, 1.82) is 0 Å². The van der Waals surface area contributed by atoms with Crippen molar-refractivity contribution in [3.05, 3.63) is 59.7 Å². The summed E-state index contributed by atoms with van der Waals surface area (Å²) in [5.41, 5.74) is 1.03. The number of thioether (sulfide) groups is 1. The molecule has 0 radical (unpaired) electrons. The molecule has 0 aliphatic carbocycles. The summed E-state index contributed by atoms with van der Waals surface area (Å²) in [5, 5.41) is 5.14. The van der Waals surface area contributed by atoms with Gasteiger partial charge in [0.05, 0.1) is 11.3 Å². The maximum Gasteiger partial charge on any atom is 0.288 e. The zero-order valence-electron chi connectivity index (χ0n) is 12.2. The number of carbonyl (C=O) groups is 2. The van der Waals surface area contributed by atoms with Crippen LogP contribution in [0.25, 0.3) is 0 Å². The Hall–Kier alpha value is -2.41. The van der Waals surface area contributed by atoms with Crippen LogP contribution in [0.1, 0.15) is 20.7 Å². The highest BCUT2D eigenvalue weighted by molar-refractivity contribution is 7.99. The van der Waals surface area contributed by atoms with Crippen LogP contribution < -0.4 is 10.6 Å². The molecule has 7 heteroatoms. The number of hydrogen-bond donors (Lipinski definition) is 2. The summed E-state index contributed by atoms with van der Waals surface area (Å²) in [5.74, 6) is -3.24. The molecule has 0 aliphatic rings. The highest BCUT2D eigenvalue weighted by Gasteiger charge is 2.13. The molecule has 2 rings (SSSR count). The summed E-state index contributed by atoms with van der Waals surface area (Å²) in [6.07, 6.45) is 0. The van der Waals surface area contributed by atoms with Crippen molar-refractivity contribution in [2.75, 3.05) is 12.4 Å². The SMILES string of the molecule is CNC(=O)c1ccccc1NC(=O)c1ccc(SC(F)F)cc1. The number of anilines is 1. The minimum Gasteiger partial charge on any atom is -0.355 e. The summed E-state index contributed by atoms with van der Waals surface area (Å²) < 4.78 is 24.5. The number of nitrogens with one attached hydrogen (secondary N) is 2. The van der Waals surface area contributed by atoms with E-state index in [2.05, 4.69) is 10.6 Å². The Morgan fingerprint density at radius 3 is 2.26 bits per heavy atom. The Labute approximate surface area is 136 Å². The van der Waals surface area contributed by atoms with Crippen molar-refractivity contribution in [2.45, 2.75) is 10.7 Å². The van der Waals surface area contributed by atoms with Crippen LogP contribution in [0.5, 0.6) is 0 Å². The van der Waals surface area contributed by atoms with Gasteiger partial charge in [0.1, 0.15) is 0 Å². The lowest BCUT2D eigenvalue weighted by atomic mass is 10.1. The number of halogens is 2. The molecule has 0 heterocycles. The molecule has 0 saturated carbocycles. The van der Waals surface area contributed by atoms with Crippen molar-refractivity contribution in [3.63, 3.8) is 0 Å². The Morgan fingerprint density at radius 1 is 1.00 bits per heavy atom. The van der Waals surface area contributed by atoms with Gasteiger partial charge in [-0.05, 0) is 36.4 Å². The largest absolute Gasteiger partial charge is 0.355 e. The minimum atomic E-state index is -2.51. The first-order valence-electron chi connectivity index (χ1n) is 6.68. The lowest BCUT2D eigenvalue weighted by Gasteiger charge is -2.10. The average Bonchev–Trinajstić information content (AvgIpc) is 2.54. The number of para-hydroxylation sites is 1. The Morgan fingerprint density at radius 2 is 1.65 bits per heavy atom. The number of alkyl halides is 2. The standard InChI is InChI=1S/C16H14F2N2O2S/c1-19-15(22)12-4-2-3-5-13(12)20-14(21)10-6-8-11(9-7-10)23-16(17)18/h2-9,16H,1H3,(H,19,22)(H,20,21). The maximum atomic E-state index is 12.3. The third-order valence-electron chi connectivity index (χ3n) is 2.99. The molecular formula is C16H14F2N2O2S. The first-order valence-corrected chi connectivity index (χ1v) is 7.56. The zero-order chi connectivity index (χ0) is 16.8. The molecule has 0 saturated heterocycles. The minimum absolute atomic E-state index is 0.315. The van der Waals surface area contributed by atoms with Gasteiger partial charge in [-0.25, -0.2) is 0 Å². The number of carbonyl (C=O) groups excluding carboxylic acids is 2. The highest BCUT2D eigenvalue weighted by atomic mass is 32.2. The fourth-order valence-electron chi connectivity index (χ4n) is 1.91. The van der Waals surface area contributed by atoms with Gasteiger partial charge in [0, 0.05) is 17.5 Å². The summed E-state index contributed by atoms with van der Waals surface area (Å²) in [6.45, 7) is 0. The number of hydrogen-bond acceptors (Lipinski definition) is 3. The number of benzene rings is 2. The third-order valence-corrected chi connectivity index (χ3v) is 3.71. The van der Waals surface area contributed by atoms with Crippen molar-refractivity contribution < 1.29 is 18.4 Å². The van der Waals surface area contributed by atoms with E-state index in [1.807, 2.05) is 0 Å². The van der Waals surface area contributed by atoms with Gasteiger partial charge in [-0.2, -0.15) is 8.78 Å². The smallest absolute Gasteiger partial charge is 0.288 e. The van der Waals surface area contributed by atoms with E-state index >= 15 is 0 Å². The molecule has 2 aromatic carbocycles. The molecule has 0 spiro atoms. The third kappa shape index (κ3) is 4.53. The normalized spacial score (nSPS) is 10.4. The van der Waals surface area contributed by atoms with Crippen LogP contribution in [-0.4, -0.2) is 24.6 Å². The highest BCUT2D eigenvalue weighted by Crippen LogP contribution is 2.25. The topological polar surface area (TPSA) is 58.2 Å². The molecule has 0 bridgehead atoms. The van der Waals surface area contributed by atoms with E-state index in [4.69, 9.17) is 0 Å². The predicted molar refractivity (Wildman–Crippen MR) is 86.1 cm³/mol. The van der Waals surface area contributed by atoms with E-state index in [1.54, 1.807) is 24.3 Å². The molecule has 0 unspecified atom stereocenters. The molecular weight excluding hydrogens is 322 g/mol. The molecule has 0 aromatic heterocycles. The van der Waals surface area contributed by atoms with E-state index in [-0.39, 0.29) is 5.91 Å². The van der Waals surface area contributed by atoms with Crippen LogP contribution in [-0.2, 0) is 0 Å². The van der Waals surface area contributed by atoms with Gasteiger partial charge >= 0.3 is 0 Å². The predicted octanol–water partition coefficient (Wildman–Crippen LogP) is 3.61. The fraction of sp³-hybridized carbons (Fsp3) is 0.125. The van der Waals surface area contributed by atoms with Crippen molar-refractivity contribution in [3.8, 4) is 0 Å². The van der Waals surface area contributed by atoms with Gasteiger partial charge in [-0.1, -0.05) is 23.9 Å². The summed E-state index contributed by atoms with van der Waals surface area (Å²) in [6, 6.07) is 12.4. The van der Waals surface area contributed by atoms with Crippen LogP contribution in [0.4, 0.5) is 14.5 Å². The average molecular weight is 336 g/mol. The fourth-order valence-corrected chi connectivity index (χ4v) is 2.41. The lowest BCUT2D eigenvalue weighted by Crippen LogP contribution is -2.21. The van der Waals surface area contributed by atoms with Crippen LogP contribution in [0.3, 0.4) is 0 Å². The molecule has 2 amide bonds. The Kier molecular flexibility index (Phi) is 5.70. The molecule has 2 aromatic rings. The van der Waals surface area contributed by atoms with Gasteiger partial charge in [0.2, 0.25) is 0 Å². The molecule has 23 heavy (non-hydrogen) atoms. The monoisotopic (exact) mass is 336 g/mol. The second-order valence-electron chi connectivity index (χ2n) is 4.48. The van der Waals surface area contributed by atoms with Gasteiger partial charge < -0.3 is 10.6 Å². The van der Waals surface area contributed by atoms with Gasteiger partial charge in [-0.15, -0.1) is 0 Å². The van der Waals surface area contributed by atoms with Gasteiger partial charge in [0.25, 0.3) is 17.6 Å². The molecule has 0 fully saturated rings. The second kappa shape index (κ2) is 7.73. The molecule has 2 N–H and O–H groups in total. The van der Waals surface area contributed by atoms with E-state index in [9.17, 15) is 18.4 Å². The van der Waals surface area contributed by atoms with Gasteiger partial charge in [0.15, 0.2) is 0 Å². The maximum absolute atomic E-state index is 12.3. The molecule has 0 atom stereocenters. The van der Waals surface area contributed by atoms with Crippen LogP contribution in [0, 0.1) is 0 Å². The summed E-state index contributed by atoms with van der Waals surface area (Å²) in [7, 11) is 1.50. The van der Waals surface area contributed by atoms with Crippen LogP contribution >= 0.6 is 11.8 Å². The summed E-state index contributed by atoms with van der Waals surface area (Å²) >= 11 is 0.414. The van der Waals surface area contributed by atoms with Crippen LogP contribution in [0.15, 0.2) is 53.4 Å². The Balaban J connectivity index is 2.15. The lowest BCUT2D eigenvalue weighted by molar-refractivity contribution is 0.0964. The van der Waals surface area contributed by atoms with E-state index < -0.39 is 11.7 Å². The van der Waals surface area contributed by atoms with Crippen molar-refractivity contribution in [1.82, 2.24) is 5.32 Å². The quantitative estimate of drug-likeness (QED) is 0.820. The van der Waals surface area contributed by atoms with Gasteiger partial charge in [-0.3, -0.25) is 9.59 Å². The van der Waals surface area contributed by atoms with E-state index in [0.29, 0.717) is 33.5 Å². The van der Waals surface area contributed by atoms with Crippen LogP contribution in [0.2, 0.25) is 0 Å². The zero-order valence-corrected chi connectivity index (χ0v) is 13.0. The number of amides is 2. The first-order chi connectivity index (χ1) is 11.0. The van der Waals surface area contributed by atoms with E-state index in [1.165, 1.54) is 31.3 Å². The molecule has 4 nitrogen and oxygen atoms in total.